The zero-order valence-corrected chi connectivity index (χ0v) is 18.5. The maximum atomic E-state index is 13.1. The van der Waals surface area contributed by atoms with Crippen LogP contribution in [0.2, 0.25) is 0 Å². The number of nitrogens with zero attached hydrogens (tertiary/aromatic N) is 1. The van der Waals surface area contributed by atoms with Crippen LogP contribution in [0.1, 0.15) is 40.0 Å². The smallest absolute Gasteiger partial charge is 0.251 e. The van der Waals surface area contributed by atoms with Gasteiger partial charge < -0.3 is 5.32 Å². The van der Waals surface area contributed by atoms with Crippen LogP contribution in [0.15, 0.2) is 72.8 Å². The van der Waals surface area contributed by atoms with Crippen molar-refractivity contribution in [3.8, 4) is 0 Å². The van der Waals surface area contributed by atoms with Gasteiger partial charge in [0.05, 0.1) is 24.5 Å². The van der Waals surface area contributed by atoms with Crippen LogP contribution in [0.5, 0.6) is 0 Å². The standard InChI is InChI=1S/C24H25FN2O3S/c1-17-4-6-19(7-5-17)16-27(31(3,29)30)23-14-10-21(11-15-23)24(28)26-18(2)20-8-12-22(25)13-9-20/h4-15,18H,16H2,1-3H3,(H,26,28). The number of anilines is 1. The quantitative estimate of drug-likeness (QED) is 0.584. The molecule has 0 aliphatic carbocycles. The summed E-state index contributed by atoms with van der Waals surface area (Å²) in [5, 5.41) is 2.86. The Morgan fingerprint density at radius 3 is 2.10 bits per heavy atom. The topological polar surface area (TPSA) is 66.5 Å². The van der Waals surface area contributed by atoms with E-state index in [0.29, 0.717) is 11.3 Å². The fourth-order valence-corrected chi connectivity index (χ4v) is 4.04. The SMILES string of the molecule is Cc1ccc(CN(c2ccc(C(=O)NC(C)c3ccc(F)cc3)cc2)S(C)(=O)=O)cc1. The third-order valence-corrected chi connectivity index (χ3v) is 6.12. The van der Waals surface area contributed by atoms with Crippen LogP contribution in [-0.4, -0.2) is 20.6 Å². The van der Waals surface area contributed by atoms with E-state index in [4.69, 9.17) is 0 Å². The van der Waals surface area contributed by atoms with Crippen LogP contribution in [0.3, 0.4) is 0 Å². The van der Waals surface area contributed by atoms with Gasteiger partial charge in [-0.2, -0.15) is 0 Å². The fourth-order valence-electron chi connectivity index (χ4n) is 3.15. The summed E-state index contributed by atoms with van der Waals surface area (Å²) in [6.07, 6.45) is 1.16. The van der Waals surface area contributed by atoms with Gasteiger partial charge in [-0.15, -0.1) is 0 Å². The molecular weight excluding hydrogens is 415 g/mol. The summed E-state index contributed by atoms with van der Waals surface area (Å²) >= 11 is 0. The van der Waals surface area contributed by atoms with Crippen molar-refractivity contribution in [2.24, 2.45) is 0 Å². The van der Waals surface area contributed by atoms with Crippen LogP contribution in [0, 0.1) is 12.7 Å². The number of carbonyl (C=O) groups is 1. The largest absolute Gasteiger partial charge is 0.346 e. The van der Waals surface area contributed by atoms with Gasteiger partial charge >= 0.3 is 0 Å². The second-order valence-corrected chi connectivity index (χ2v) is 9.46. The number of halogens is 1. The van der Waals surface area contributed by atoms with Gasteiger partial charge in [-0.05, 0) is 61.4 Å². The molecule has 0 aliphatic heterocycles. The molecule has 5 nitrogen and oxygen atoms in total. The van der Waals surface area contributed by atoms with Crippen LogP contribution >= 0.6 is 0 Å². The number of aryl methyl sites for hydroxylation is 1. The highest BCUT2D eigenvalue weighted by Gasteiger charge is 2.19. The van der Waals surface area contributed by atoms with Gasteiger partial charge in [0.25, 0.3) is 5.91 Å². The van der Waals surface area contributed by atoms with Crippen LogP contribution in [-0.2, 0) is 16.6 Å². The average molecular weight is 441 g/mol. The van der Waals surface area contributed by atoms with E-state index in [-0.39, 0.29) is 24.3 Å². The van der Waals surface area contributed by atoms with Crippen molar-refractivity contribution in [2.45, 2.75) is 26.4 Å². The monoisotopic (exact) mass is 440 g/mol. The van der Waals surface area contributed by atoms with Crippen molar-refractivity contribution < 1.29 is 17.6 Å². The molecule has 0 spiro atoms. The van der Waals surface area contributed by atoms with Crippen LogP contribution in [0.4, 0.5) is 10.1 Å². The second kappa shape index (κ2) is 9.31. The van der Waals surface area contributed by atoms with E-state index in [0.717, 1.165) is 22.9 Å². The van der Waals surface area contributed by atoms with Crippen molar-refractivity contribution in [1.82, 2.24) is 5.32 Å². The predicted octanol–water partition coefficient (Wildman–Crippen LogP) is 4.59. The molecule has 0 fully saturated rings. The van der Waals surface area contributed by atoms with E-state index in [2.05, 4.69) is 5.32 Å². The number of rotatable bonds is 7. The number of nitrogens with one attached hydrogen (secondary N) is 1. The molecule has 0 aromatic heterocycles. The highest BCUT2D eigenvalue weighted by atomic mass is 32.2. The molecule has 162 valence electrons. The van der Waals surface area contributed by atoms with E-state index in [1.807, 2.05) is 38.1 Å². The third-order valence-electron chi connectivity index (χ3n) is 4.98. The molecule has 7 heteroatoms. The van der Waals surface area contributed by atoms with E-state index in [1.54, 1.807) is 36.4 Å². The Bertz CT molecular complexity index is 1140. The third kappa shape index (κ3) is 5.92. The summed E-state index contributed by atoms with van der Waals surface area (Å²) in [5.41, 5.74) is 3.63. The molecule has 1 atom stereocenters. The van der Waals surface area contributed by atoms with Crippen molar-refractivity contribution >= 4 is 21.6 Å². The zero-order chi connectivity index (χ0) is 22.6. The molecule has 0 saturated heterocycles. The minimum Gasteiger partial charge on any atom is -0.346 e. The molecule has 3 aromatic carbocycles. The molecule has 1 amide bonds. The first-order valence-electron chi connectivity index (χ1n) is 9.83. The first-order valence-corrected chi connectivity index (χ1v) is 11.7. The number of hydrogen-bond donors (Lipinski definition) is 1. The van der Waals surface area contributed by atoms with E-state index >= 15 is 0 Å². The number of sulfonamides is 1. The normalized spacial score (nSPS) is 12.3. The van der Waals surface area contributed by atoms with Gasteiger partial charge in [0.2, 0.25) is 10.0 Å². The summed E-state index contributed by atoms with van der Waals surface area (Å²) < 4.78 is 39.1. The van der Waals surface area contributed by atoms with Crippen molar-refractivity contribution in [3.05, 3.63) is 101 Å². The predicted molar refractivity (Wildman–Crippen MR) is 121 cm³/mol. The van der Waals surface area contributed by atoms with Gasteiger partial charge in [-0.3, -0.25) is 9.10 Å². The Hall–Kier alpha value is -3.19. The van der Waals surface area contributed by atoms with E-state index in [1.165, 1.54) is 16.4 Å². The van der Waals surface area contributed by atoms with Gasteiger partial charge in [0.1, 0.15) is 5.82 Å². The fraction of sp³-hybridized carbons (Fsp3) is 0.208. The van der Waals surface area contributed by atoms with Gasteiger partial charge in [-0.1, -0.05) is 42.0 Å². The lowest BCUT2D eigenvalue weighted by molar-refractivity contribution is 0.0940. The molecule has 31 heavy (non-hydrogen) atoms. The molecule has 0 heterocycles. The van der Waals surface area contributed by atoms with Gasteiger partial charge in [-0.25, -0.2) is 12.8 Å². The van der Waals surface area contributed by atoms with E-state index < -0.39 is 10.0 Å². The maximum absolute atomic E-state index is 13.1. The summed E-state index contributed by atoms with van der Waals surface area (Å²) in [6, 6.07) is 19.7. The molecular formula is C24H25FN2O3S. The number of hydrogen-bond acceptors (Lipinski definition) is 3. The van der Waals surface area contributed by atoms with Crippen LogP contribution < -0.4 is 9.62 Å². The first-order chi connectivity index (χ1) is 14.6. The Morgan fingerprint density at radius 1 is 0.968 bits per heavy atom. The highest BCUT2D eigenvalue weighted by Crippen LogP contribution is 2.22. The molecule has 3 rings (SSSR count). The molecule has 1 unspecified atom stereocenters. The lowest BCUT2D eigenvalue weighted by Crippen LogP contribution is -2.29. The summed E-state index contributed by atoms with van der Waals surface area (Å²) in [7, 11) is -3.52. The Kier molecular flexibility index (Phi) is 6.75. The lowest BCUT2D eigenvalue weighted by Gasteiger charge is -2.23. The van der Waals surface area contributed by atoms with Crippen LogP contribution in [0.25, 0.3) is 0 Å². The molecule has 1 N–H and O–H groups in total. The number of benzene rings is 3. The van der Waals surface area contributed by atoms with Crippen molar-refractivity contribution in [2.75, 3.05) is 10.6 Å². The van der Waals surface area contributed by atoms with Gasteiger partial charge in [0, 0.05) is 5.56 Å². The summed E-state index contributed by atoms with van der Waals surface area (Å²) in [6.45, 7) is 3.98. The van der Waals surface area contributed by atoms with Crippen molar-refractivity contribution in [3.63, 3.8) is 0 Å². The molecule has 0 aliphatic rings. The van der Waals surface area contributed by atoms with Gasteiger partial charge in [0.15, 0.2) is 0 Å². The first kappa shape index (κ1) is 22.5. The molecule has 0 radical (unpaired) electrons. The second-order valence-electron chi connectivity index (χ2n) is 7.55. The maximum Gasteiger partial charge on any atom is 0.251 e. The van der Waals surface area contributed by atoms with E-state index in [9.17, 15) is 17.6 Å². The molecule has 3 aromatic rings. The molecule has 0 bridgehead atoms. The van der Waals surface area contributed by atoms with Crippen molar-refractivity contribution in [1.29, 1.82) is 0 Å². The highest BCUT2D eigenvalue weighted by molar-refractivity contribution is 7.92. The minimum atomic E-state index is -3.52. The molecule has 0 saturated carbocycles. The zero-order valence-electron chi connectivity index (χ0n) is 17.7. The Balaban J connectivity index is 1.75. The minimum absolute atomic E-state index is 0.201. The summed E-state index contributed by atoms with van der Waals surface area (Å²) in [4.78, 5) is 12.6. The number of amides is 1. The average Bonchev–Trinajstić information content (AvgIpc) is 2.73. The Morgan fingerprint density at radius 2 is 1.55 bits per heavy atom. The summed E-state index contributed by atoms with van der Waals surface area (Å²) in [5.74, 6) is -0.633. The number of carbonyl (C=O) groups excluding carboxylic acids is 1. The lowest BCUT2D eigenvalue weighted by atomic mass is 10.1. The Labute approximate surface area is 182 Å².